The number of azo groups is 1. The lowest BCUT2D eigenvalue weighted by atomic mass is 9.56. The van der Waals surface area contributed by atoms with E-state index in [9.17, 15) is 41.8 Å². The van der Waals surface area contributed by atoms with Crippen LogP contribution in [0.3, 0.4) is 0 Å². The van der Waals surface area contributed by atoms with Crippen LogP contribution in [0.1, 0.15) is 24.3 Å². The second-order valence-corrected chi connectivity index (χ2v) is 15.8. The van der Waals surface area contributed by atoms with Crippen molar-refractivity contribution in [1.82, 2.24) is 0 Å². The Labute approximate surface area is 334 Å². The molecule has 2 aliphatic heterocycles. The lowest BCUT2D eigenvalue weighted by Crippen LogP contribution is -2.60. The van der Waals surface area contributed by atoms with Crippen LogP contribution in [0.4, 0.5) is 54.8 Å². The number of para-hydroxylation sites is 1. The number of amides is 4. The number of aromatic hydroxyl groups is 1. The van der Waals surface area contributed by atoms with Crippen LogP contribution in [0.25, 0.3) is 0 Å². The highest BCUT2D eigenvalue weighted by Crippen LogP contribution is 2.67. The standard InChI is InChI=1S/C40H27Cl2F6N5O5/c1-51(2)19-10-6-17(7-11-19)49-50-18-8-12-20(13-9-18)52-35(55)22-15-14-21-24(26(22)36(52)56)16-39(41)37(57)53(33-31(47)29(45)28(44)30(46)32(33)48)38(58)40(39,42)27(21)23-4-3-5-25(43)34(23)54/h3-14,22,24,26-27,54H,15-16H2,1-2H3. The van der Waals surface area contributed by atoms with Crippen molar-refractivity contribution < 1.29 is 50.6 Å². The molecule has 6 atom stereocenters. The number of nitrogens with zero attached hydrogens (tertiary/aromatic N) is 5. The maximum atomic E-state index is 15.3. The number of carbonyl (C=O) groups excluding carboxylic acids is 4. The quantitative estimate of drug-likeness (QED) is 0.0396. The SMILES string of the molecule is CN(C)c1ccc(N=Nc2ccc(N3C(=O)C4CC=C5C(CC6(Cl)C(=O)N(c7c(F)c(F)c(F)c(F)c7F)C(=O)C6(Cl)C5c5cccc(F)c5O)C4C3=O)cc2)cc1. The molecule has 4 aliphatic rings. The molecule has 0 aromatic heterocycles. The number of phenolic OH excluding ortho intramolecular Hbond substituents is 1. The number of allylic oxidation sites excluding steroid dienone is 2. The van der Waals surface area contributed by atoms with Crippen LogP contribution in [-0.4, -0.2) is 52.6 Å². The average molecular weight is 843 g/mol. The summed E-state index contributed by atoms with van der Waals surface area (Å²) in [7, 11) is 3.79. The molecule has 1 saturated carbocycles. The molecule has 18 heteroatoms. The molecule has 6 unspecified atom stereocenters. The topological polar surface area (TPSA) is 123 Å². The molecule has 3 fully saturated rings. The first-order valence-corrected chi connectivity index (χ1v) is 18.3. The van der Waals surface area contributed by atoms with E-state index in [0.29, 0.717) is 11.4 Å². The number of fused-ring (bicyclic) bond motifs is 4. The summed E-state index contributed by atoms with van der Waals surface area (Å²) >= 11 is 14.1. The van der Waals surface area contributed by atoms with E-state index < -0.39 is 115 Å². The first kappa shape index (κ1) is 39.1. The van der Waals surface area contributed by atoms with Gasteiger partial charge in [0.1, 0.15) is 5.69 Å². The van der Waals surface area contributed by atoms with Crippen molar-refractivity contribution in [2.24, 2.45) is 28.0 Å². The molecule has 4 aromatic rings. The number of imide groups is 2. The highest BCUT2D eigenvalue weighted by molar-refractivity contribution is 6.58. The highest BCUT2D eigenvalue weighted by Gasteiger charge is 2.77. The highest BCUT2D eigenvalue weighted by atomic mass is 35.5. The van der Waals surface area contributed by atoms with Crippen molar-refractivity contribution in [1.29, 1.82) is 0 Å². The Morgan fingerprint density at radius 1 is 0.724 bits per heavy atom. The van der Waals surface area contributed by atoms with Gasteiger partial charge in [0.25, 0.3) is 11.8 Å². The summed E-state index contributed by atoms with van der Waals surface area (Å²) in [5.74, 6) is -25.3. The molecule has 58 heavy (non-hydrogen) atoms. The summed E-state index contributed by atoms with van der Waals surface area (Å²) in [5.41, 5.74) is -0.294. The summed E-state index contributed by atoms with van der Waals surface area (Å²) in [6, 6.07) is 16.4. The Bertz CT molecular complexity index is 2510. The maximum absolute atomic E-state index is 15.3. The molecule has 298 valence electrons. The molecule has 1 N–H and O–H groups in total. The number of benzene rings is 4. The molecule has 2 saturated heterocycles. The number of alkyl halides is 2. The van der Waals surface area contributed by atoms with Gasteiger partial charge in [-0.05, 0) is 73.4 Å². The Kier molecular flexibility index (Phi) is 9.23. The lowest BCUT2D eigenvalue weighted by Gasteiger charge is -2.50. The number of hydrogen-bond donors (Lipinski definition) is 1. The zero-order valence-electron chi connectivity index (χ0n) is 30.0. The van der Waals surface area contributed by atoms with Gasteiger partial charge in [-0.3, -0.25) is 24.1 Å². The van der Waals surface area contributed by atoms with Gasteiger partial charge in [0, 0.05) is 31.3 Å². The summed E-state index contributed by atoms with van der Waals surface area (Å²) in [5, 5.41) is 19.4. The van der Waals surface area contributed by atoms with E-state index in [0.717, 1.165) is 28.8 Å². The maximum Gasteiger partial charge on any atom is 0.258 e. The second kappa shape index (κ2) is 13.7. The number of rotatable bonds is 6. The monoisotopic (exact) mass is 841 g/mol. The summed E-state index contributed by atoms with van der Waals surface area (Å²) in [6.45, 7) is 0. The van der Waals surface area contributed by atoms with Gasteiger partial charge in [-0.15, -0.1) is 23.2 Å². The molecule has 2 aliphatic carbocycles. The van der Waals surface area contributed by atoms with Crippen molar-refractivity contribution in [2.75, 3.05) is 28.8 Å². The van der Waals surface area contributed by atoms with Gasteiger partial charge >= 0.3 is 0 Å². The summed E-state index contributed by atoms with van der Waals surface area (Å²) in [6.07, 6.45) is 0.508. The third kappa shape index (κ3) is 5.40. The number of halogens is 8. The zero-order valence-corrected chi connectivity index (χ0v) is 31.5. The number of phenols is 1. The van der Waals surface area contributed by atoms with E-state index >= 15 is 8.78 Å². The Morgan fingerprint density at radius 3 is 1.88 bits per heavy atom. The van der Waals surface area contributed by atoms with Crippen LogP contribution in [0.5, 0.6) is 5.75 Å². The molecule has 2 heterocycles. The number of hydrogen-bond acceptors (Lipinski definition) is 8. The van der Waals surface area contributed by atoms with Crippen LogP contribution in [-0.2, 0) is 19.2 Å². The normalized spacial score (nSPS) is 26.6. The first-order valence-electron chi connectivity index (χ1n) is 17.6. The van der Waals surface area contributed by atoms with E-state index in [1.165, 1.54) is 30.3 Å². The molecule has 4 amide bonds. The van der Waals surface area contributed by atoms with E-state index in [1.54, 1.807) is 12.1 Å². The van der Waals surface area contributed by atoms with E-state index in [4.69, 9.17) is 23.2 Å². The van der Waals surface area contributed by atoms with Gasteiger partial charge in [-0.2, -0.15) is 10.2 Å². The number of carbonyl (C=O) groups is 4. The fraction of sp³-hybridized carbons (Fsp3) is 0.250. The second-order valence-electron chi connectivity index (χ2n) is 14.5. The van der Waals surface area contributed by atoms with Gasteiger partial charge < -0.3 is 10.0 Å². The lowest BCUT2D eigenvalue weighted by molar-refractivity contribution is -0.125. The van der Waals surface area contributed by atoms with Crippen LogP contribution in [0.15, 0.2) is 88.6 Å². The van der Waals surface area contributed by atoms with Gasteiger partial charge in [0.15, 0.2) is 44.6 Å². The third-order valence-corrected chi connectivity index (χ3v) is 12.7. The predicted molar refractivity (Wildman–Crippen MR) is 198 cm³/mol. The van der Waals surface area contributed by atoms with E-state index in [2.05, 4.69) is 10.2 Å². The molecular formula is C40H27Cl2F6N5O5. The minimum absolute atomic E-state index is 0.0474. The van der Waals surface area contributed by atoms with Crippen LogP contribution in [0.2, 0.25) is 0 Å². The van der Waals surface area contributed by atoms with Crippen LogP contribution >= 0.6 is 23.2 Å². The fourth-order valence-electron chi connectivity index (χ4n) is 8.53. The molecule has 0 spiro atoms. The van der Waals surface area contributed by atoms with E-state index in [-0.39, 0.29) is 22.6 Å². The predicted octanol–water partition coefficient (Wildman–Crippen LogP) is 8.48. The number of anilines is 3. The first-order chi connectivity index (χ1) is 27.4. The molecule has 8 rings (SSSR count). The van der Waals surface area contributed by atoms with Crippen LogP contribution in [0, 0.1) is 52.7 Å². The minimum Gasteiger partial charge on any atom is -0.505 e. The van der Waals surface area contributed by atoms with Gasteiger partial charge in [0.05, 0.1) is 28.9 Å². The van der Waals surface area contributed by atoms with E-state index in [1.807, 2.05) is 31.1 Å². The molecule has 10 nitrogen and oxygen atoms in total. The molecular weight excluding hydrogens is 815 g/mol. The van der Waals surface area contributed by atoms with Crippen LogP contribution < -0.4 is 14.7 Å². The summed E-state index contributed by atoms with van der Waals surface area (Å²) < 4.78 is 88.6. The van der Waals surface area contributed by atoms with Gasteiger partial charge in [-0.25, -0.2) is 31.2 Å². The Hall–Kier alpha value is -5.74. The van der Waals surface area contributed by atoms with Crippen molar-refractivity contribution in [3.8, 4) is 5.75 Å². The molecule has 4 aromatic carbocycles. The van der Waals surface area contributed by atoms with Crippen molar-refractivity contribution in [3.63, 3.8) is 0 Å². The molecule has 0 bridgehead atoms. The summed E-state index contributed by atoms with van der Waals surface area (Å²) in [4.78, 5) is 53.9. The smallest absolute Gasteiger partial charge is 0.258 e. The van der Waals surface area contributed by atoms with Crippen molar-refractivity contribution >= 4 is 75.3 Å². The van der Waals surface area contributed by atoms with Crippen molar-refractivity contribution in [3.05, 3.63) is 119 Å². The molecule has 0 radical (unpaired) electrons. The van der Waals surface area contributed by atoms with Gasteiger partial charge in [0.2, 0.25) is 17.6 Å². The third-order valence-electron chi connectivity index (χ3n) is 11.3. The largest absolute Gasteiger partial charge is 0.505 e. The zero-order chi connectivity index (χ0) is 41.7. The fourth-order valence-corrected chi connectivity index (χ4v) is 9.46. The average Bonchev–Trinajstić information content (AvgIpc) is 3.54. The van der Waals surface area contributed by atoms with Gasteiger partial charge in [-0.1, -0.05) is 23.8 Å². The minimum atomic E-state index is -2.92. The Morgan fingerprint density at radius 2 is 1.29 bits per heavy atom. The Balaban J connectivity index is 1.19. The van der Waals surface area contributed by atoms with Crippen molar-refractivity contribution in [2.45, 2.75) is 28.5 Å².